The second-order valence-corrected chi connectivity index (χ2v) is 8.45. The lowest BCUT2D eigenvalue weighted by Crippen LogP contribution is -2.68. The number of benzene rings is 1. The van der Waals surface area contributed by atoms with Gasteiger partial charge < -0.3 is 14.4 Å². The predicted octanol–water partition coefficient (Wildman–Crippen LogP) is 3.23. The maximum Gasteiger partial charge on any atom is 0.233 e. The molecule has 1 unspecified atom stereocenters. The molecular formula is C22H24FN5O2. The van der Waals surface area contributed by atoms with E-state index in [1.54, 1.807) is 47.6 Å². The quantitative estimate of drug-likeness (QED) is 0.713. The Kier molecular flexibility index (Phi) is 4.47. The first-order valence-electron chi connectivity index (χ1n) is 10.1. The highest BCUT2D eigenvalue weighted by molar-refractivity contribution is 5.68. The molecule has 8 heteroatoms. The number of fused-ring (bicyclic) bond motifs is 3. The number of aromatic hydroxyl groups is 1. The third kappa shape index (κ3) is 3.02. The number of phenolic OH excluding ortho intramolecular Hbond substituents is 1. The van der Waals surface area contributed by atoms with Gasteiger partial charge in [0.15, 0.2) is 6.17 Å². The first kappa shape index (κ1) is 19.0. The molecular weight excluding hydrogens is 385 g/mol. The van der Waals surface area contributed by atoms with Crippen LogP contribution < -0.4 is 4.74 Å². The van der Waals surface area contributed by atoms with E-state index in [4.69, 9.17) is 4.74 Å². The smallest absolute Gasteiger partial charge is 0.233 e. The van der Waals surface area contributed by atoms with E-state index in [-0.39, 0.29) is 11.7 Å². The molecule has 0 radical (unpaired) electrons. The monoisotopic (exact) mass is 409 g/mol. The first-order chi connectivity index (χ1) is 14.5. The van der Waals surface area contributed by atoms with Crippen LogP contribution in [0.4, 0.5) is 4.39 Å². The van der Waals surface area contributed by atoms with E-state index in [0.29, 0.717) is 17.1 Å². The molecule has 7 nitrogen and oxygen atoms in total. The van der Waals surface area contributed by atoms with Gasteiger partial charge in [0.05, 0.1) is 23.2 Å². The van der Waals surface area contributed by atoms with Crippen molar-refractivity contribution in [2.24, 2.45) is 5.92 Å². The summed E-state index contributed by atoms with van der Waals surface area (Å²) in [5.41, 5.74) is 1.38. The Morgan fingerprint density at radius 3 is 2.77 bits per heavy atom. The molecule has 4 heterocycles. The van der Waals surface area contributed by atoms with Crippen LogP contribution in [0.5, 0.6) is 11.6 Å². The van der Waals surface area contributed by atoms with Gasteiger partial charge in [-0.3, -0.25) is 4.90 Å². The van der Waals surface area contributed by atoms with Crippen LogP contribution in [0, 0.1) is 5.92 Å². The van der Waals surface area contributed by atoms with Crippen molar-refractivity contribution in [3.63, 3.8) is 0 Å². The molecule has 1 aliphatic carbocycles. The molecule has 1 N–H and O–H groups in total. The van der Waals surface area contributed by atoms with Crippen molar-refractivity contribution in [2.75, 3.05) is 13.6 Å². The van der Waals surface area contributed by atoms with Gasteiger partial charge >= 0.3 is 0 Å². The third-order valence-electron chi connectivity index (χ3n) is 6.71. The zero-order valence-electron chi connectivity index (χ0n) is 16.9. The van der Waals surface area contributed by atoms with Crippen molar-refractivity contribution in [2.45, 2.75) is 37.6 Å². The van der Waals surface area contributed by atoms with Crippen LogP contribution in [-0.2, 0) is 0 Å². The summed E-state index contributed by atoms with van der Waals surface area (Å²) in [7, 11) is 1.98. The lowest BCUT2D eigenvalue weighted by Gasteiger charge is -2.56. The second-order valence-electron chi connectivity index (χ2n) is 8.45. The van der Waals surface area contributed by atoms with Crippen LogP contribution in [0.25, 0.3) is 16.9 Å². The van der Waals surface area contributed by atoms with Crippen LogP contribution in [-0.4, -0.2) is 61.2 Å². The highest BCUT2D eigenvalue weighted by Crippen LogP contribution is 2.45. The molecule has 156 valence electrons. The first-order valence-corrected chi connectivity index (χ1v) is 10.1. The Morgan fingerprint density at radius 1 is 1.23 bits per heavy atom. The minimum Gasteiger partial charge on any atom is -0.507 e. The largest absolute Gasteiger partial charge is 0.507 e. The van der Waals surface area contributed by atoms with Gasteiger partial charge in [0.25, 0.3) is 0 Å². The minimum atomic E-state index is -1.07. The highest BCUT2D eigenvalue weighted by atomic mass is 19.1. The zero-order valence-corrected chi connectivity index (χ0v) is 16.9. The average molecular weight is 409 g/mol. The van der Waals surface area contributed by atoms with E-state index in [9.17, 15) is 5.11 Å². The Labute approximate surface area is 174 Å². The SMILES string of the molecule is CN1CC2CC[C@]1(C)[C@@H](F)[C@@H]2Oc1ccc(-c2ccc(-n3ccnc3)cc2O)nn1. The van der Waals surface area contributed by atoms with E-state index in [1.165, 1.54) is 0 Å². The summed E-state index contributed by atoms with van der Waals surface area (Å²) in [5.74, 6) is 0.543. The van der Waals surface area contributed by atoms with Crippen LogP contribution >= 0.6 is 0 Å². The van der Waals surface area contributed by atoms with E-state index in [1.807, 2.05) is 20.0 Å². The lowest BCUT2D eigenvalue weighted by molar-refractivity contribution is -0.136. The van der Waals surface area contributed by atoms with E-state index in [0.717, 1.165) is 25.1 Å². The molecule has 1 saturated carbocycles. The number of ether oxygens (including phenoxy) is 1. The predicted molar refractivity (Wildman–Crippen MR) is 109 cm³/mol. The van der Waals surface area contributed by atoms with Gasteiger partial charge in [-0.05, 0) is 45.0 Å². The van der Waals surface area contributed by atoms with Crippen molar-refractivity contribution in [1.29, 1.82) is 0 Å². The number of alkyl halides is 1. The Hall–Kier alpha value is -3.00. The molecule has 4 atom stereocenters. The lowest BCUT2D eigenvalue weighted by atomic mass is 9.68. The number of rotatable bonds is 4. The third-order valence-corrected chi connectivity index (χ3v) is 6.71. The Morgan fingerprint density at radius 2 is 2.10 bits per heavy atom. The number of hydrogen-bond donors (Lipinski definition) is 1. The molecule has 1 aromatic carbocycles. The summed E-state index contributed by atoms with van der Waals surface area (Å²) in [6.45, 7) is 2.79. The number of piperidine rings is 2. The fourth-order valence-electron chi connectivity index (χ4n) is 4.66. The van der Waals surface area contributed by atoms with Gasteiger partial charge in [0.1, 0.15) is 11.9 Å². The van der Waals surface area contributed by atoms with Gasteiger partial charge in [-0.25, -0.2) is 9.37 Å². The fourth-order valence-corrected chi connectivity index (χ4v) is 4.66. The summed E-state index contributed by atoms with van der Waals surface area (Å²) in [6, 6.07) is 8.71. The standard InChI is InChI=1S/C22H24FN5O2/c1-22-8-7-14(12-27(22)2)20(21(22)23)30-19-6-5-17(25-26-19)16-4-3-15(11-18(16)29)28-10-9-24-13-28/h3-6,9-11,13-14,20-21,29H,7-8,12H2,1-2H3/t14?,20-,21+,22-/m1/s1. The van der Waals surface area contributed by atoms with Crippen LogP contribution in [0.15, 0.2) is 49.1 Å². The molecule has 2 saturated heterocycles. The van der Waals surface area contributed by atoms with Crippen LogP contribution in [0.3, 0.4) is 0 Å². The number of nitrogens with zero attached hydrogens (tertiary/aromatic N) is 5. The number of halogens is 1. The highest BCUT2D eigenvalue weighted by Gasteiger charge is 2.55. The van der Waals surface area contributed by atoms with Crippen molar-refractivity contribution in [1.82, 2.24) is 24.6 Å². The van der Waals surface area contributed by atoms with E-state index >= 15 is 4.39 Å². The van der Waals surface area contributed by atoms with Gasteiger partial charge in [0.2, 0.25) is 5.88 Å². The summed E-state index contributed by atoms with van der Waals surface area (Å²) >= 11 is 0. The normalized spacial score (nSPS) is 28.6. The number of hydrogen-bond acceptors (Lipinski definition) is 6. The van der Waals surface area contributed by atoms with Gasteiger partial charge in [-0.1, -0.05) is 0 Å². The summed E-state index contributed by atoms with van der Waals surface area (Å²) in [4.78, 5) is 6.12. The maximum atomic E-state index is 15.2. The molecule has 6 rings (SSSR count). The molecule has 2 bridgehead atoms. The fraction of sp³-hybridized carbons (Fsp3) is 0.409. The molecule has 2 aromatic heterocycles. The summed E-state index contributed by atoms with van der Waals surface area (Å²) in [6.07, 6.45) is 5.35. The maximum absolute atomic E-state index is 15.2. The van der Waals surface area contributed by atoms with Crippen LogP contribution in [0.1, 0.15) is 19.8 Å². The van der Waals surface area contributed by atoms with Crippen molar-refractivity contribution < 1.29 is 14.2 Å². The Bertz CT molecular complexity index is 1040. The van der Waals surface area contributed by atoms with Gasteiger partial charge in [-0.15, -0.1) is 10.2 Å². The van der Waals surface area contributed by atoms with Gasteiger partial charge in [0, 0.05) is 42.6 Å². The molecule has 0 amide bonds. The average Bonchev–Trinajstić information content (AvgIpc) is 3.28. The zero-order chi connectivity index (χ0) is 20.9. The minimum absolute atomic E-state index is 0.0912. The topological polar surface area (TPSA) is 76.3 Å². The summed E-state index contributed by atoms with van der Waals surface area (Å²) < 4.78 is 22.9. The van der Waals surface area contributed by atoms with E-state index in [2.05, 4.69) is 20.1 Å². The molecule has 3 aliphatic rings. The number of aromatic nitrogens is 4. The second kappa shape index (κ2) is 7.05. The van der Waals surface area contributed by atoms with Crippen LogP contribution in [0.2, 0.25) is 0 Å². The number of imidazole rings is 1. The van der Waals surface area contributed by atoms with Crippen molar-refractivity contribution in [3.8, 4) is 28.6 Å². The Balaban J connectivity index is 1.34. The summed E-state index contributed by atoms with van der Waals surface area (Å²) in [5, 5.41) is 18.8. The molecule has 2 aliphatic heterocycles. The molecule has 3 aromatic rings. The number of phenols is 1. The molecule has 3 fully saturated rings. The van der Waals surface area contributed by atoms with Crippen molar-refractivity contribution in [3.05, 3.63) is 49.1 Å². The van der Waals surface area contributed by atoms with Crippen molar-refractivity contribution >= 4 is 0 Å². The van der Waals surface area contributed by atoms with Gasteiger partial charge in [-0.2, -0.15) is 0 Å². The van der Waals surface area contributed by atoms with E-state index < -0.39 is 17.8 Å². The molecule has 0 spiro atoms. The molecule has 30 heavy (non-hydrogen) atoms.